The summed E-state index contributed by atoms with van der Waals surface area (Å²) in [5.41, 5.74) is 9.25. The molecule has 178 valence electrons. The summed E-state index contributed by atoms with van der Waals surface area (Å²) >= 11 is 1.26. The number of anilines is 2. The number of ether oxygens (including phenoxy) is 2. The molecule has 2 aromatic heterocycles. The number of ketones is 1. The number of aryl methyl sites for hydroxylation is 1. The van der Waals surface area contributed by atoms with E-state index in [-0.39, 0.29) is 36.1 Å². The monoisotopic (exact) mass is 483 g/mol. The molecular weight excluding hydrogens is 457 g/mol. The van der Waals surface area contributed by atoms with Crippen LogP contribution < -0.4 is 20.7 Å². The van der Waals surface area contributed by atoms with E-state index in [9.17, 15) is 4.79 Å². The van der Waals surface area contributed by atoms with Crippen LogP contribution in [0.25, 0.3) is 10.3 Å². The first-order valence-electron chi connectivity index (χ1n) is 11.6. The molecule has 0 saturated carbocycles. The number of hydrogen-bond donors (Lipinski definition) is 2. The average molecular weight is 484 g/mol. The third-order valence-corrected chi connectivity index (χ3v) is 7.87. The highest BCUT2D eigenvalue weighted by Gasteiger charge is 2.33. The second-order valence-corrected chi connectivity index (χ2v) is 10.4. The van der Waals surface area contributed by atoms with Gasteiger partial charge in [0.05, 0.1) is 35.1 Å². The highest BCUT2D eigenvalue weighted by Crippen LogP contribution is 2.37. The molecule has 8 nitrogen and oxygen atoms in total. The maximum Gasteiger partial charge on any atom is 0.175 e. The molecule has 1 aromatic carbocycles. The SMILES string of the molecule is Cc1cnc2c(N)c(C(=O)C[C@H]3COc4cc(N5CC6CNCC(C5)O6)cc(F)c4C3)sc2n1. The number of benzene rings is 1. The molecule has 2 unspecified atom stereocenters. The molecule has 3 aromatic rings. The zero-order chi connectivity index (χ0) is 23.4. The van der Waals surface area contributed by atoms with Crippen LogP contribution in [0.3, 0.4) is 0 Å². The van der Waals surface area contributed by atoms with Gasteiger partial charge in [-0.15, -0.1) is 11.3 Å². The fourth-order valence-electron chi connectivity index (χ4n) is 5.09. The Morgan fingerprint density at radius 1 is 1.32 bits per heavy atom. The van der Waals surface area contributed by atoms with Crippen molar-refractivity contribution in [1.29, 1.82) is 0 Å². The lowest BCUT2D eigenvalue weighted by molar-refractivity contribution is -0.0484. The van der Waals surface area contributed by atoms with Crippen LogP contribution in [-0.2, 0) is 11.2 Å². The number of carbonyl (C=O) groups excluding carboxylic acids is 1. The number of Topliss-reactive ketones (excluding diaryl/α,β-unsaturated/α-hetero) is 1. The van der Waals surface area contributed by atoms with Gasteiger partial charge in [-0.05, 0) is 19.4 Å². The van der Waals surface area contributed by atoms with Crippen molar-refractivity contribution in [1.82, 2.24) is 15.3 Å². The summed E-state index contributed by atoms with van der Waals surface area (Å²) in [4.78, 5) is 25.1. The Kier molecular flexibility index (Phi) is 5.39. The third-order valence-electron chi connectivity index (χ3n) is 6.74. The van der Waals surface area contributed by atoms with Crippen LogP contribution in [0, 0.1) is 18.7 Å². The topological polar surface area (TPSA) is 103 Å². The molecule has 3 atom stereocenters. The number of fused-ring (bicyclic) bond motifs is 4. The zero-order valence-electron chi connectivity index (χ0n) is 18.8. The summed E-state index contributed by atoms with van der Waals surface area (Å²) < 4.78 is 27.1. The van der Waals surface area contributed by atoms with Crippen molar-refractivity contribution in [2.75, 3.05) is 43.4 Å². The van der Waals surface area contributed by atoms with E-state index in [0.29, 0.717) is 45.3 Å². The van der Waals surface area contributed by atoms with Gasteiger partial charge in [-0.3, -0.25) is 4.79 Å². The fourth-order valence-corrected chi connectivity index (χ4v) is 6.14. The number of hydrogen-bond acceptors (Lipinski definition) is 9. The molecule has 2 bridgehead atoms. The largest absolute Gasteiger partial charge is 0.493 e. The van der Waals surface area contributed by atoms with Gasteiger partial charge >= 0.3 is 0 Å². The van der Waals surface area contributed by atoms with Crippen molar-refractivity contribution in [3.63, 3.8) is 0 Å². The third kappa shape index (κ3) is 3.89. The molecule has 0 spiro atoms. The lowest BCUT2D eigenvalue weighted by Crippen LogP contribution is -2.58. The maximum absolute atomic E-state index is 15.2. The predicted octanol–water partition coefficient (Wildman–Crippen LogP) is 2.72. The Balaban J connectivity index is 1.18. The summed E-state index contributed by atoms with van der Waals surface area (Å²) in [6.45, 7) is 5.27. The number of nitrogen functional groups attached to an aromatic ring is 1. The Labute approximate surface area is 200 Å². The van der Waals surface area contributed by atoms with Crippen molar-refractivity contribution in [3.05, 3.63) is 40.3 Å². The van der Waals surface area contributed by atoms with E-state index in [2.05, 4.69) is 20.2 Å². The molecule has 34 heavy (non-hydrogen) atoms. The first-order chi connectivity index (χ1) is 16.4. The van der Waals surface area contributed by atoms with Gasteiger partial charge in [0.1, 0.15) is 21.9 Å². The Hall–Kier alpha value is -2.82. The minimum atomic E-state index is -0.287. The molecular formula is C24H26FN5O3S. The van der Waals surface area contributed by atoms with Gasteiger partial charge in [0.15, 0.2) is 5.78 Å². The van der Waals surface area contributed by atoms with Crippen LogP contribution >= 0.6 is 11.3 Å². The lowest BCUT2D eigenvalue weighted by Gasteiger charge is -2.43. The van der Waals surface area contributed by atoms with E-state index in [1.165, 1.54) is 11.3 Å². The Morgan fingerprint density at radius 2 is 2.12 bits per heavy atom. The van der Waals surface area contributed by atoms with Gasteiger partial charge in [-0.2, -0.15) is 0 Å². The molecule has 6 rings (SSSR count). The molecule has 3 aliphatic heterocycles. The average Bonchev–Trinajstić information content (AvgIpc) is 3.14. The van der Waals surface area contributed by atoms with E-state index in [0.717, 1.165) is 37.6 Å². The van der Waals surface area contributed by atoms with Crippen LogP contribution in [0.2, 0.25) is 0 Å². The standard InChI is InChI=1S/C24H26FN5O3S/c1-12-6-28-22-21(26)23(34-24(22)29-12)19(31)3-13-2-17-18(25)4-14(5-20(17)32-11-13)30-9-15-7-27-8-16(10-30)33-15/h4-6,13,15-16,27H,2-3,7-11,26H2,1H3/t13-,15?,16?/m0/s1. The van der Waals surface area contributed by atoms with Crippen molar-refractivity contribution in [2.24, 2.45) is 5.92 Å². The Bertz CT molecular complexity index is 1270. The smallest absolute Gasteiger partial charge is 0.175 e. The van der Waals surface area contributed by atoms with Crippen LogP contribution in [0.5, 0.6) is 5.75 Å². The van der Waals surface area contributed by atoms with E-state index in [1.807, 2.05) is 13.0 Å². The summed E-state index contributed by atoms with van der Waals surface area (Å²) in [5.74, 6) is 0.0762. The molecule has 0 radical (unpaired) electrons. The second kappa shape index (κ2) is 8.44. The highest BCUT2D eigenvalue weighted by atomic mass is 32.1. The number of halogens is 1. The number of thiophene rings is 1. The second-order valence-electron chi connectivity index (χ2n) is 9.37. The van der Waals surface area contributed by atoms with Crippen LogP contribution in [-0.4, -0.2) is 60.7 Å². The number of nitrogens with one attached hydrogen (secondary N) is 1. The van der Waals surface area contributed by atoms with Gasteiger partial charge in [-0.25, -0.2) is 14.4 Å². The molecule has 3 N–H and O–H groups in total. The summed E-state index contributed by atoms with van der Waals surface area (Å²) in [5, 5.41) is 3.37. The van der Waals surface area contributed by atoms with Gasteiger partial charge in [0.2, 0.25) is 0 Å². The minimum absolute atomic E-state index is 0.0810. The van der Waals surface area contributed by atoms with Gasteiger partial charge in [-0.1, -0.05) is 0 Å². The van der Waals surface area contributed by atoms with E-state index in [1.54, 1.807) is 12.3 Å². The van der Waals surface area contributed by atoms with E-state index < -0.39 is 0 Å². The number of rotatable bonds is 4. The molecule has 2 fully saturated rings. The first-order valence-corrected chi connectivity index (χ1v) is 12.4. The predicted molar refractivity (Wildman–Crippen MR) is 128 cm³/mol. The molecule has 10 heteroatoms. The number of morpholine rings is 2. The van der Waals surface area contributed by atoms with Gasteiger partial charge in [0, 0.05) is 62.0 Å². The van der Waals surface area contributed by atoms with Crippen molar-refractivity contribution in [2.45, 2.75) is 32.0 Å². The van der Waals surface area contributed by atoms with Crippen LogP contribution in [0.4, 0.5) is 15.8 Å². The van der Waals surface area contributed by atoms with Crippen molar-refractivity contribution < 1.29 is 18.7 Å². The van der Waals surface area contributed by atoms with Gasteiger partial charge < -0.3 is 25.4 Å². The number of nitrogens with zero attached hydrogens (tertiary/aromatic N) is 3. The fraction of sp³-hybridized carbons (Fsp3) is 0.458. The summed E-state index contributed by atoms with van der Waals surface area (Å²) in [6.07, 6.45) is 2.54. The van der Waals surface area contributed by atoms with Crippen LogP contribution in [0.1, 0.15) is 27.3 Å². The molecule has 5 heterocycles. The van der Waals surface area contributed by atoms with Crippen molar-refractivity contribution >= 4 is 38.8 Å². The zero-order valence-corrected chi connectivity index (χ0v) is 19.7. The normalized spacial score (nSPS) is 24.1. The van der Waals surface area contributed by atoms with Crippen LogP contribution in [0.15, 0.2) is 18.3 Å². The Morgan fingerprint density at radius 3 is 2.91 bits per heavy atom. The lowest BCUT2D eigenvalue weighted by atomic mass is 9.91. The quantitative estimate of drug-likeness (QED) is 0.546. The van der Waals surface area contributed by atoms with E-state index in [4.69, 9.17) is 15.2 Å². The summed E-state index contributed by atoms with van der Waals surface area (Å²) in [7, 11) is 0. The molecule has 0 aliphatic carbocycles. The van der Waals surface area contributed by atoms with E-state index >= 15 is 4.39 Å². The molecule has 3 aliphatic rings. The first kappa shape index (κ1) is 21.7. The number of aromatic nitrogens is 2. The van der Waals surface area contributed by atoms with Gasteiger partial charge in [0.25, 0.3) is 0 Å². The number of nitrogens with two attached hydrogens (primary N) is 1. The van der Waals surface area contributed by atoms with Crippen molar-refractivity contribution in [3.8, 4) is 5.75 Å². The molecule has 2 saturated heterocycles. The minimum Gasteiger partial charge on any atom is -0.493 e. The summed E-state index contributed by atoms with van der Waals surface area (Å²) in [6, 6.07) is 3.51. The maximum atomic E-state index is 15.2. The molecule has 0 amide bonds. The highest BCUT2D eigenvalue weighted by molar-refractivity contribution is 7.21. The number of carbonyl (C=O) groups is 1.